The van der Waals surface area contributed by atoms with Gasteiger partial charge in [0, 0.05) is 36.6 Å². The lowest BCUT2D eigenvalue weighted by molar-refractivity contribution is -0.384. The van der Waals surface area contributed by atoms with Crippen LogP contribution in [0.5, 0.6) is 17.2 Å². The standard InChI is InChI=1S/C25H20N2O8/c1-12(28)32-17-9-7-15-19-20(17)35-22-18(10-8-16-21-25(15,26(21)2)11-24(16,19)22)34-23(29)33-14-5-3-13(4-6-14)27(30)31/h3-10,16,18,21-22H,11H2,1-2H3/t16-,18-,21-,22-,24-,25?,26?/m0/s1. The van der Waals surface area contributed by atoms with Crippen molar-refractivity contribution in [1.82, 2.24) is 4.90 Å². The third-order valence-electron chi connectivity index (χ3n) is 8.31. The summed E-state index contributed by atoms with van der Waals surface area (Å²) in [5, 5.41) is 10.8. The van der Waals surface area contributed by atoms with Gasteiger partial charge >= 0.3 is 12.1 Å². The molecular weight excluding hydrogens is 456 g/mol. The van der Waals surface area contributed by atoms with Gasteiger partial charge in [-0.2, -0.15) is 0 Å². The molecule has 2 aliphatic heterocycles. The molecule has 5 aliphatic rings. The lowest BCUT2D eigenvalue weighted by Gasteiger charge is -2.41. The Labute approximate surface area is 199 Å². The molecule has 10 nitrogen and oxygen atoms in total. The van der Waals surface area contributed by atoms with Crippen LogP contribution in [0.25, 0.3) is 0 Å². The number of benzene rings is 2. The van der Waals surface area contributed by atoms with Crippen LogP contribution in [0.4, 0.5) is 10.5 Å². The number of carbonyl (C=O) groups excluding carboxylic acids is 2. The van der Waals surface area contributed by atoms with Crippen molar-refractivity contribution in [2.24, 2.45) is 5.92 Å². The second-order valence-corrected chi connectivity index (χ2v) is 9.74. The lowest BCUT2D eigenvalue weighted by Crippen LogP contribution is -2.53. The third-order valence-corrected chi connectivity index (χ3v) is 8.31. The Kier molecular flexibility index (Phi) is 3.74. The molecule has 7 atom stereocenters. The van der Waals surface area contributed by atoms with Crippen molar-refractivity contribution < 1.29 is 33.5 Å². The minimum Gasteiger partial charge on any atom is -0.481 e. The molecule has 2 heterocycles. The Morgan fingerprint density at radius 2 is 1.91 bits per heavy atom. The van der Waals surface area contributed by atoms with E-state index in [4.69, 9.17) is 18.9 Å². The molecule has 2 aromatic carbocycles. The summed E-state index contributed by atoms with van der Waals surface area (Å²) in [4.78, 5) is 37.1. The zero-order valence-corrected chi connectivity index (χ0v) is 18.8. The van der Waals surface area contributed by atoms with Crippen molar-refractivity contribution in [3.63, 3.8) is 0 Å². The molecule has 1 saturated heterocycles. The molecule has 2 bridgehead atoms. The molecule has 0 radical (unpaired) electrons. The molecule has 0 amide bonds. The van der Waals surface area contributed by atoms with Crippen LogP contribution < -0.4 is 14.2 Å². The zero-order valence-electron chi connectivity index (χ0n) is 18.8. The number of ether oxygens (including phenoxy) is 4. The van der Waals surface area contributed by atoms with E-state index < -0.39 is 29.3 Å². The summed E-state index contributed by atoms with van der Waals surface area (Å²) in [5.74, 6) is 0.799. The maximum atomic E-state index is 12.6. The number of likely N-dealkylation sites (tertiary alicyclic amines) is 1. The summed E-state index contributed by atoms with van der Waals surface area (Å²) in [5.41, 5.74) is 1.67. The fourth-order valence-corrected chi connectivity index (χ4v) is 7.15. The van der Waals surface area contributed by atoms with Crippen LogP contribution in [0.2, 0.25) is 0 Å². The van der Waals surface area contributed by atoms with Crippen LogP contribution in [-0.4, -0.2) is 47.2 Å². The van der Waals surface area contributed by atoms with Crippen molar-refractivity contribution in [3.8, 4) is 17.2 Å². The number of non-ortho nitro benzene ring substituents is 1. The van der Waals surface area contributed by atoms with Crippen LogP contribution in [-0.2, 0) is 20.5 Å². The smallest absolute Gasteiger partial charge is 0.481 e. The average molecular weight is 476 g/mol. The van der Waals surface area contributed by atoms with Gasteiger partial charge in [-0.3, -0.25) is 19.8 Å². The van der Waals surface area contributed by atoms with Crippen molar-refractivity contribution in [2.45, 2.75) is 42.5 Å². The fourth-order valence-electron chi connectivity index (χ4n) is 7.15. The Morgan fingerprint density at radius 3 is 2.63 bits per heavy atom. The Balaban J connectivity index is 1.21. The molecule has 0 N–H and O–H groups in total. The number of hydrogen-bond donors (Lipinski definition) is 0. The van der Waals surface area contributed by atoms with E-state index in [0.717, 1.165) is 12.0 Å². The summed E-state index contributed by atoms with van der Waals surface area (Å²) < 4.78 is 22.9. The molecule has 3 aliphatic carbocycles. The molecule has 2 spiro atoms. The van der Waals surface area contributed by atoms with E-state index in [2.05, 4.69) is 18.0 Å². The number of piperidine rings is 1. The largest absolute Gasteiger partial charge is 0.514 e. The van der Waals surface area contributed by atoms with Crippen LogP contribution in [0.3, 0.4) is 0 Å². The van der Waals surface area contributed by atoms with Crippen LogP contribution in [0.15, 0.2) is 48.6 Å². The summed E-state index contributed by atoms with van der Waals surface area (Å²) in [6, 6.07) is 9.33. The SMILES string of the molecule is CC(=O)Oc1ccc2c3c1O[C@H]1[C@@H](OC(=O)Oc4ccc([N+](=O)[O-])cc4)C=C[C@H]4[C@@H]5N(C)C25C[C@@]341. The first-order valence-electron chi connectivity index (χ1n) is 11.3. The van der Waals surface area contributed by atoms with Crippen LogP contribution in [0.1, 0.15) is 24.5 Å². The van der Waals surface area contributed by atoms with Gasteiger partial charge in [0.1, 0.15) is 11.9 Å². The van der Waals surface area contributed by atoms with Crippen molar-refractivity contribution in [3.05, 3.63) is 69.8 Å². The Morgan fingerprint density at radius 1 is 1.14 bits per heavy atom. The minimum absolute atomic E-state index is 0.0793. The number of hydrogen-bond acceptors (Lipinski definition) is 9. The van der Waals surface area contributed by atoms with Gasteiger partial charge in [0.05, 0.1) is 15.9 Å². The van der Waals surface area contributed by atoms with Crippen LogP contribution in [0, 0.1) is 16.0 Å². The highest BCUT2D eigenvalue weighted by Gasteiger charge is 2.85. The maximum Gasteiger partial charge on any atom is 0.514 e. The number of nitro groups is 1. The summed E-state index contributed by atoms with van der Waals surface area (Å²) in [7, 11) is 2.12. The quantitative estimate of drug-likeness (QED) is 0.125. The molecule has 0 aromatic heterocycles. The predicted molar refractivity (Wildman–Crippen MR) is 118 cm³/mol. The third kappa shape index (κ3) is 2.37. The molecular formula is C25H20N2O8. The molecule has 35 heavy (non-hydrogen) atoms. The predicted octanol–water partition coefficient (Wildman–Crippen LogP) is 3.22. The van der Waals surface area contributed by atoms with Crippen molar-refractivity contribution in [2.75, 3.05) is 7.05 Å². The second-order valence-electron chi connectivity index (χ2n) is 9.74. The van der Waals surface area contributed by atoms with E-state index in [9.17, 15) is 19.7 Å². The minimum atomic E-state index is -0.934. The highest BCUT2D eigenvalue weighted by atomic mass is 16.7. The monoisotopic (exact) mass is 476 g/mol. The number of nitrogens with zero attached hydrogens (tertiary/aromatic N) is 2. The number of fused-ring (bicyclic) bond motifs is 1. The second kappa shape index (κ2) is 6.39. The number of carbonyl (C=O) groups is 2. The van der Waals surface area contributed by atoms with Gasteiger partial charge in [0.25, 0.3) is 5.69 Å². The van der Waals surface area contributed by atoms with Crippen molar-refractivity contribution in [1.29, 1.82) is 0 Å². The van der Waals surface area contributed by atoms with Gasteiger partial charge in [-0.1, -0.05) is 12.1 Å². The number of esters is 1. The first kappa shape index (κ1) is 20.5. The normalized spacial score (nSPS) is 35.5. The summed E-state index contributed by atoms with van der Waals surface area (Å²) in [6.07, 6.45) is 2.64. The molecule has 178 valence electrons. The topological polar surface area (TPSA) is 117 Å². The highest BCUT2D eigenvalue weighted by molar-refractivity contribution is 5.75. The van der Waals surface area contributed by atoms with Gasteiger partial charge in [0.15, 0.2) is 17.6 Å². The van der Waals surface area contributed by atoms with E-state index in [1.165, 1.54) is 36.8 Å². The summed E-state index contributed by atoms with van der Waals surface area (Å²) in [6.45, 7) is 1.35. The summed E-state index contributed by atoms with van der Waals surface area (Å²) >= 11 is 0. The van der Waals surface area contributed by atoms with E-state index in [1.807, 2.05) is 12.1 Å². The van der Waals surface area contributed by atoms with E-state index in [-0.39, 0.29) is 28.3 Å². The van der Waals surface area contributed by atoms with E-state index >= 15 is 0 Å². The molecule has 2 aromatic rings. The van der Waals surface area contributed by atoms with Crippen LogP contribution >= 0.6 is 0 Å². The molecule has 7 rings (SSSR count). The van der Waals surface area contributed by atoms with Gasteiger partial charge in [-0.25, -0.2) is 4.79 Å². The van der Waals surface area contributed by atoms with Gasteiger partial charge < -0.3 is 18.9 Å². The average Bonchev–Trinajstić information content (AvgIpc) is 3.11. The van der Waals surface area contributed by atoms with E-state index in [0.29, 0.717) is 17.5 Å². The molecule has 2 unspecified atom stereocenters. The molecule has 10 heteroatoms. The first-order valence-corrected chi connectivity index (χ1v) is 11.3. The maximum absolute atomic E-state index is 12.6. The number of nitro benzene ring substituents is 1. The fraction of sp³-hybridized carbons (Fsp3) is 0.360. The van der Waals surface area contributed by atoms with E-state index in [1.54, 1.807) is 6.07 Å². The first-order chi connectivity index (χ1) is 16.8. The van der Waals surface area contributed by atoms with Crippen molar-refractivity contribution >= 4 is 17.8 Å². The van der Waals surface area contributed by atoms with Gasteiger partial charge in [0.2, 0.25) is 0 Å². The Hall–Kier alpha value is -3.92. The molecule has 2 fully saturated rings. The van der Waals surface area contributed by atoms with Gasteiger partial charge in [-0.15, -0.1) is 0 Å². The molecule has 1 saturated carbocycles. The lowest BCUT2D eigenvalue weighted by atomic mass is 9.64. The Bertz CT molecular complexity index is 1370. The number of likely N-dealkylation sites (N-methyl/N-ethyl adjacent to an activating group) is 1. The zero-order chi connectivity index (χ0) is 24.3. The van der Waals surface area contributed by atoms with Gasteiger partial charge in [-0.05, 0) is 43.3 Å². The number of rotatable bonds is 4. The highest BCUT2D eigenvalue weighted by Crippen LogP contribution is 2.80.